The summed E-state index contributed by atoms with van der Waals surface area (Å²) in [6.07, 6.45) is 3.67. The average molecular weight is 347 g/mol. The summed E-state index contributed by atoms with van der Waals surface area (Å²) in [6, 6.07) is 12.4. The predicted molar refractivity (Wildman–Crippen MR) is 96.8 cm³/mol. The molecule has 1 aromatic carbocycles. The van der Waals surface area contributed by atoms with Crippen LogP contribution in [0.4, 0.5) is 0 Å². The molecule has 4 rings (SSSR count). The highest BCUT2D eigenvalue weighted by Gasteiger charge is 2.13. The normalized spacial score (nSPS) is 11.0. The number of phenols is 1. The number of carbonyl (C=O) groups excluding carboxylic acids is 1. The van der Waals surface area contributed by atoms with Crippen molar-refractivity contribution in [3.8, 4) is 17.0 Å². The molecule has 0 radical (unpaired) electrons. The summed E-state index contributed by atoms with van der Waals surface area (Å²) < 4.78 is 1.95. The van der Waals surface area contributed by atoms with Crippen LogP contribution in [0.1, 0.15) is 21.7 Å². The number of para-hydroxylation sites is 1. The summed E-state index contributed by atoms with van der Waals surface area (Å²) in [5.74, 6) is -0.158. The van der Waals surface area contributed by atoms with Crippen LogP contribution in [0.3, 0.4) is 0 Å². The van der Waals surface area contributed by atoms with E-state index in [9.17, 15) is 9.90 Å². The fraction of sp³-hybridized carbons (Fsp3) is 0.105. The van der Waals surface area contributed by atoms with Crippen LogP contribution in [-0.4, -0.2) is 30.6 Å². The van der Waals surface area contributed by atoms with Crippen LogP contribution in [0, 0.1) is 6.92 Å². The Kier molecular flexibility index (Phi) is 3.89. The molecule has 0 fully saturated rings. The van der Waals surface area contributed by atoms with Gasteiger partial charge in [-0.2, -0.15) is 5.10 Å². The molecule has 3 aromatic heterocycles. The van der Waals surface area contributed by atoms with Crippen molar-refractivity contribution in [3.63, 3.8) is 0 Å². The highest BCUT2D eigenvalue weighted by molar-refractivity contribution is 5.93. The Labute approximate surface area is 149 Å². The Balaban J connectivity index is 1.50. The van der Waals surface area contributed by atoms with E-state index in [1.807, 2.05) is 29.7 Å². The van der Waals surface area contributed by atoms with Crippen LogP contribution >= 0.6 is 0 Å². The second-order valence-corrected chi connectivity index (χ2v) is 6.00. The number of hydrogen-bond acceptors (Lipinski definition) is 4. The molecule has 0 bridgehead atoms. The predicted octanol–water partition coefficient (Wildman–Crippen LogP) is 2.67. The minimum absolute atomic E-state index is 0.118. The van der Waals surface area contributed by atoms with E-state index in [0.29, 0.717) is 23.5 Å². The maximum Gasteiger partial charge on any atom is 0.269 e. The third-order valence-electron chi connectivity index (χ3n) is 4.24. The number of benzene rings is 1. The summed E-state index contributed by atoms with van der Waals surface area (Å²) in [4.78, 5) is 16.8. The lowest BCUT2D eigenvalue weighted by Gasteiger charge is -2.04. The molecule has 3 heterocycles. The largest absolute Gasteiger partial charge is 0.507 e. The number of hydrogen-bond donors (Lipinski definition) is 3. The van der Waals surface area contributed by atoms with E-state index in [1.165, 1.54) is 0 Å². The number of phenolic OH excluding ortho intramolecular Hbond substituents is 1. The molecule has 0 aliphatic rings. The summed E-state index contributed by atoms with van der Waals surface area (Å²) in [6.45, 7) is 2.34. The second-order valence-electron chi connectivity index (χ2n) is 6.00. The fourth-order valence-corrected chi connectivity index (χ4v) is 2.87. The first kappa shape index (κ1) is 15.9. The molecule has 7 nitrogen and oxygen atoms in total. The quantitative estimate of drug-likeness (QED) is 0.529. The van der Waals surface area contributed by atoms with E-state index in [0.717, 1.165) is 16.9 Å². The van der Waals surface area contributed by atoms with Gasteiger partial charge in [0.2, 0.25) is 0 Å². The number of aryl methyl sites for hydroxylation is 1. The van der Waals surface area contributed by atoms with Crippen molar-refractivity contribution in [2.75, 3.05) is 0 Å². The van der Waals surface area contributed by atoms with Crippen molar-refractivity contribution < 1.29 is 9.90 Å². The molecule has 0 atom stereocenters. The van der Waals surface area contributed by atoms with E-state index in [2.05, 4.69) is 20.5 Å². The SMILES string of the molecule is Cc1cccn2c(CNC(=O)c3cc(-c4ccccc4O)n[nH]3)cnc12. The lowest BCUT2D eigenvalue weighted by Crippen LogP contribution is -2.23. The maximum atomic E-state index is 12.4. The van der Waals surface area contributed by atoms with Gasteiger partial charge in [0, 0.05) is 11.8 Å². The average Bonchev–Trinajstić information content (AvgIpc) is 3.28. The number of nitrogens with one attached hydrogen (secondary N) is 2. The van der Waals surface area contributed by atoms with Crippen molar-refractivity contribution in [2.24, 2.45) is 0 Å². The van der Waals surface area contributed by atoms with Crippen molar-refractivity contribution in [2.45, 2.75) is 13.5 Å². The molecule has 0 aliphatic carbocycles. The van der Waals surface area contributed by atoms with Gasteiger partial charge in [-0.15, -0.1) is 0 Å². The molecule has 0 unspecified atom stereocenters. The summed E-state index contributed by atoms with van der Waals surface area (Å²) >= 11 is 0. The number of aromatic hydroxyl groups is 1. The Morgan fingerprint density at radius 3 is 2.96 bits per heavy atom. The van der Waals surface area contributed by atoms with Gasteiger partial charge >= 0.3 is 0 Å². The first-order valence-electron chi connectivity index (χ1n) is 8.17. The zero-order valence-electron chi connectivity index (χ0n) is 14.1. The van der Waals surface area contributed by atoms with Crippen LogP contribution in [0.2, 0.25) is 0 Å². The Bertz CT molecular complexity index is 1100. The summed E-state index contributed by atoms with van der Waals surface area (Å²) in [5.41, 5.74) is 4.25. The van der Waals surface area contributed by atoms with Crippen LogP contribution in [0.25, 0.3) is 16.9 Å². The van der Waals surface area contributed by atoms with Gasteiger partial charge in [-0.1, -0.05) is 18.2 Å². The highest BCUT2D eigenvalue weighted by atomic mass is 16.3. The van der Waals surface area contributed by atoms with Gasteiger partial charge in [0.15, 0.2) is 0 Å². The molecular weight excluding hydrogens is 330 g/mol. The maximum absolute atomic E-state index is 12.4. The number of imidazole rings is 1. The smallest absolute Gasteiger partial charge is 0.269 e. The molecule has 0 saturated heterocycles. The number of pyridine rings is 1. The van der Waals surface area contributed by atoms with Crippen molar-refractivity contribution in [1.29, 1.82) is 0 Å². The standard InChI is InChI=1S/C19H17N5O2/c1-12-5-4-8-24-13(10-20-18(12)24)11-21-19(26)16-9-15(22-23-16)14-6-2-3-7-17(14)25/h2-10,25H,11H2,1H3,(H,21,26)(H,22,23). The third kappa shape index (κ3) is 2.79. The van der Waals surface area contributed by atoms with Gasteiger partial charge in [0.05, 0.1) is 24.1 Å². The first-order chi connectivity index (χ1) is 12.6. The Morgan fingerprint density at radius 1 is 1.27 bits per heavy atom. The topological polar surface area (TPSA) is 95.3 Å². The molecule has 4 aromatic rings. The van der Waals surface area contributed by atoms with Crippen molar-refractivity contribution in [3.05, 3.63) is 71.8 Å². The number of aromatic nitrogens is 4. The molecule has 26 heavy (non-hydrogen) atoms. The number of carbonyl (C=O) groups is 1. The number of fused-ring (bicyclic) bond motifs is 1. The molecule has 0 spiro atoms. The van der Waals surface area contributed by atoms with E-state index in [4.69, 9.17) is 0 Å². The Hall–Kier alpha value is -3.61. The summed E-state index contributed by atoms with van der Waals surface area (Å²) in [5, 5.41) is 19.6. The van der Waals surface area contributed by atoms with Crippen molar-refractivity contribution >= 4 is 11.6 Å². The minimum atomic E-state index is -0.276. The molecule has 130 valence electrons. The van der Waals surface area contributed by atoms with Crippen molar-refractivity contribution in [1.82, 2.24) is 24.9 Å². The van der Waals surface area contributed by atoms with E-state index < -0.39 is 0 Å². The number of aromatic amines is 1. The molecule has 0 aliphatic heterocycles. The summed E-state index contributed by atoms with van der Waals surface area (Å²) in [7, 11) is 0. The zero-order valence-corrected chi connectivity index (χ0v) is 14.1. The zero-order chi connectivity index (χ0) is 18.1. The van der Waals surface area contributed by atoms with Crippen LogP contribution in [0.5, 0.6) is 5.75 Å². The van der Waals surface area contributed by atoms with Gasteiger partial charge in [-0.05, 0) is 36.8 Å². The van der Waals surface area contributed by atoms with E-state index in [1.54, 1.807) is 36.5 Å². The second kappa shape index (κ2) is 6.36. The highest BCUT2D eigenvalue weighted by Crippen LogP contribution is 2.27. The first-order valence-corrected chi connectivity index (χ1v) is 8.17. The number of rotatable bonds is 4. The van der Waals surface area contributed by atoms with E-state index in [-0.39, 0.29) is 11.7 Å². The molecule has 3 N–H and O–H groups in total. The van der Waals surface area contributed by atoms with Gasteiger partial charge in [-0.25, -0.2) is 4.98 Å². The third-order valence-corrected chi connectivity index (χ3v) is 4.24. The van der Waals surface area contributed by atoms with Gasteiger partial charge in [0.1, 0.15) is 17.1 Å². The number of amides is 1. The van der Waals surface area contributed by atoms with Crippen LogP contribution in [-0.2, 0) is 6.54 Å². The minimum Gasteiger partial charge on any atom is -0.507 e. The van der Waals surface area contributed by atoms with Gasteiger partial charge < -0.3 is 14.8 Å². The van der Waals surface area contributed by atoms with Gasteiger partial charge in [0.25, 0.3) is 5.91 Å². The molecule has 7 heteroatoms. The van der Waals surface area contributed by atoms with Crippen LogP contribution < -0.4 is 5.32 Å². The lowest BCUT2D eigenvalue weighted by molar-refractivity contribution is 0.0945. The van der Waals surface area contributed by atoms with Gasteiger partial charge in [-0.3, -0.25) is 9.89 Å². The number of H-pyrrole nitrogens is 1. The van der Waals surface area contributed by atoms with E-state index >= 15 is 0 Å². The Morgan fingerprint density at radius 2 is 2.12 bits per heavy atom. The van der Waals surface area contributed by atoms with Crippen LogP contribution in [0.15, 0.2) is 54.9 Å². The molecular formula is C19H17N5O2. The fourth-order valence-electron chi connectivity index (χ4n) is 2.87. The lowest BCUT2D eigenvalue weighted by atomic mass is 10.1. The number of nitrogens with zero attached hydrogens (tertiary/aromatic N) is 3. The molecule has 0 saturated carbocycles. The monoisotopic (exact) mass is 347 g/mol. The molecule has 1 amide bonds.